The number of anilines is 2. The summed E-state index contributed by atoms with van der Waals surface area (Å²) in [6.45, 7) is 5.65. The van der Waals surface area contributed by atoms with Crippen molar-refractivity contribution in [2.45, 2.75) is 38.8 Å². The first-order valence-electron chi connectivity index (χ1n) is 8.86. The van der Waals surface area contributed by atoms with Crippen LogP contribution in [0.2, 0.25) is 0 Å². The molecule has 0 radical (unpaired) electrons. The lowest BCUT2D eigenvalue weighted by atomic mass is 10.1. The van der Waals surface area contributed by atoms with Crippen LogP contribution in [0.5, 0.6) is 0 Å². The average molecular weight is 349 g/mol. The van der Waals surface area contributed by atoms with Crippen LogP contribution in [-0.4, -0.2) is 75.9 Å². The Kier molecular flexibility index (Phi) is 5.10. The minimum atomic E-state index is -0.675. The van der Waals surface area contributed by atoms with E-state index in [0.717, 1.165) is 18.7 Å². The van der Waals surface area contributed by atoms with Gasteiger partial charge in [0, 0.05) is 38.4 Å². The van der Waals surface area contributed by atoms with Crippen LogP contribution in [-0.2, 0) is 4.79 Å². The van der Waals surface area contributed by atoms with Crippen LogP contribution in [0.1, 0.15) is 26.7 Å². The molecular weight excluding hydrogens is 322 g/mol. The summed E-state index contributed by atoms with van der Waals surface area (Å²) in [6.07, 6.45) is 2.47. The fourth-order valence-electron chi connectivity index (χ4n) is 3.16. The molecule has 0 spiro atoms. The van der Waals surface area contributed by atoms with E-state index in [1.54, 1.807) is 11.1 Å². The summed E-state index contributed by atoms with van der Waals surface area (Å²) >= 11 is 0. The standard InChI is InChI=1S/C17H27N5O3/c1-12(2)19-14-3-6-18-16(20-14)22-8-7-21(9-13(24)10-22)15(25)17(11-23)4-5-17/h3,6,12-13,23-24H,4-5,7-11H2,1-2H3,(H,18,19,20)/t13-/m1/s1. The molecule has 3 N–H and O–H groups in total. The van der Waals surface area contributed by atoms with Crippen molar-refractivity contribution in [2.75, 3.05) is 43.0 Å². The highest BCUT2D eigenvalue weighted by Gasteiger charge is 2.51. The number of amides is 1. The van der Waals surface area contributed by atoms with Gasteiger partial charge < -0.3 is 25.3 Å². The lowest BCUT2D eigenvalue weighted by Gasteiger charge is -2.25. The van der Waals surface area contributed by atoms with Gasteiger partial charge in [0.15, 0.2) is 0 Å². The molecule has 0 unspecified atom stereocenters. The number of carbonyl (C=O) groups is 1. The summed E-state index contributed by atoms with van der Waals surface area (Å²) in [5.74, 6) is 1.23. The molecule has 1 aromatic rings. The lowest BCUT2D eigenvalue weighted by Crippen LogP contribution is -2.43. The molecule has 1 aliphatic carbocycles. The van der Waals surface area contributed by atoms with Crippen LogP contribution in [0, 0.1) is 5.41 Å². The summed E-state index contributed by atoms with van der Waals surface area (Å²) in [6, 6.07) is 2.07. The Bertz CT molecular complexity index is 620. The number of hydrogen-bond donors (Lipinski definition) is 3. The zero-order chi connectivity index (χ0) is 18.0. The van der Waals surface area contributed by atoms with E-state index in [1.165, 1.54) is 0 Å². The third-order valence-corrected chi connectivity index (χ3v) is 4.76. The first-order valence-corrected chi connectivity index (χ1v) is 8.86. The molecule has 1 atom stereocenters. The molecule has 2 aliphatic rings. The Labute approximate surface area is 147 Å². The first-order chi connectivity index (χ1) is 11.9. The predicted molar refractivity (Wildman–Crippen MR) is 94.3 cm³/mol. The van der Waals surface area contributed by atoms with E-state index in [2.05, 4.69) is 15.3 Å². The van der Waals surface area contributed by atoms with E-state index in [4.69, 9.17) is 0 Å². The number of nitrogens with one attached hydrogen (secondary N) is 1. The molecule has 8 nitrogen and oxygen atoms in total. The monoisotopic (exact) mass is 349 g/mol. The fraction of sp³-hybridized carbons (Fsp3) is 0.706. The van der Waals surface area contributed by atoms with Gasteiger partial charge in [-0.1, -0.05) is 0 Å². The Morgan fingerprint density at radius 3 is 2.80 bits per heavy atom. The number of rotatable bonds is 5. The maximum absolute atomic E-state index is 12.6. The summed E-state index contributed by atoms with van der Waals surface area (Å²) in [5, 5.41) is 23.1. The number of aromatic nitrogens is 2. The topological polar surface area (TPSA) is 102 Å². The van der Waals surface area contributed by atoms with E-state index in [0.29, 0.717) is 25.6 Å². The third kappa shape index (κ3) is 4.01. The van der Waals surface area contributed by atoms with Gasteiger partial charge in [-0.25, -0.2) is 4.98 Å². The second-order valence-corrected chi connectivity index (χ2v) is 7.33. The fourth-order valence-corrected chi connectivity index (χ4v) is 3.16. The van der Waals surface area contributed by atoms with Crippen molar-refractivity contribution in [3.8, 4) is 0 Å². The lowest BCUT2D eigenvalue weighted by molar-refractivity contribution is -0.139. The Balaban J connectivity index is 1.70. The van der Waals surface area contributed by atoms with Gasteiger partial charge in [0.05, 0.1) is 18.1 Å². The van der Waals surface area contributed by atoms with Crippen LogP contribution >= 0.6 is 0 Å². The highest BCUT2D eigenvalue weighted by molar-refractivity contribution is 5.85. The number of β-amino-alcohol motifs (C(OH)–C–C–N with tert-alkyl or cyclic N) is 1. The maximum atomic E-state index is 12.6. The van der Waals surface area contributed by atoms with Gasteiger partial charge in [-0.3, -0.25) is 4.79 Å². The number of aliphatic hydroxyl groups is 2. The van der Waals surface area contributed by atoms with Crippen LogP contribution in [0.4, 0.5) is 11.8 Å². The molecular formula is C17H27N5O3. The molecule has 1 amide bonds. The number of carbonyl (C=O) groups excluding carboxylic acids is 1. The smallest absolute Gasteiger partial charge is 0.231 e. The van der Waals surface area contributed by atoms with E-state index in [9.17, 15) is 15.0 Å². The highest BCUT2D eigenvalue weighted by Crippen LogP contribution is 2.46. The predicted octanol–water partition coefficient (Wildman–Crippen LogP) is 0.0789. The third-order valence-electron chi connectivity index (χ3n) is 4.76. The van der Waals surface area contributed by atoms with Gasteiger partial charge in [-0.05, 0) is 32.8 Å². The van der Waals surface area contributed by atoms with Gasteiger partial charge in [-0.15, -0.1) is 0 Å². The maximum Gasteiger partial charge on any atom is 0.231 e. The molecule has 1 aliphatic heterocycles. The molecule has 0 aromatic carbocycles. The van der Waals surface area contributed by atoms with Crippen molar-refractivity contribution >= 4 is 17.7 Å². The molecule has 1 saturated carbocycles. The molecule has 3 rings (SSSR count). The first kappa shape index (κ1) is 17.9. The molecule has 1 aromatic heterocycles. The Hall–Kier alpha value is -1.93. The van der Waals surface area contributed by atoms with Crippen molar-refractivity contribution in [1.29, 1.82) is 0 Å². The second kappa shape index (κ2) is 7.13. The van der Waals surface area contributed by atoms with Crippen molar-refractivity contribution in [2.24, 2.45) is 5.41 Å². The van der Waals surface area contributed by atoms with E-state index in [-0.39, 0.29) is 25.1 Å². The number of nitrogens with zero attached hydrogens (tertiary/aromatic N) is 4. The summed E-state index contributed by atoms with van der Waals surface area (Å²) < 4.78 is 0. The molecule has 25 heavy (non-hydrogen) atoms. The molecule has 0 bridgehead atoms. The SMILES string of the molecule is CC(C)Nc1ccnc(N2CCN(C(=O)C3(CO)CC3)C[C@@H](O)C2)n1. The summed E-state index contributed by atoms with van der Waals surface area (Å²) in [7, 11) is 0. The van der Waals surface area contributed by atoms with E-state index in [1.807, 2.05) is 24.8 Å². The summed E-state index contributed by atoms with van der Waals surface area (Å²) in [5.41, 5.74) is -0.605. The molecule has 1 saturated heterocycles. The van der Waals surface area contributed by atoms with Crippen LogP contribution < -0.4 is 10.2 Å². The van der Waals surface area contributed by atoms with Crippen molar-refractivity contribution in [1.82, 2.24) is 14.9 Å². The highest BCUT2D eigenvalue weighted by atomic mass is 16.3. The molecule has 2 heterocycles. The average Bonchev–Trinajstić information content (AvgIpc) is 3.38. The largest absolute Gasteiger partial charge is 0.395 e. The zero-order valence-electron chi connectivity index (χ0n) is 14.9. The van der Waals surface area contributed by atoms with Crippen LogP contribution in [0.3, 0.4) is 0 Å². The second-order valence-electron chi connectivity index (χ2n) is 7.33. The quantitative estimate of drug-likeness (QED) is 0.692. The van der Waals surface area contributed by atoms with E-state index >= 15 is 0 Å². The summed E-state index contributed by atoms with van der Waals surface area (Å²) in [4.78, 5) is 25.0. The Morgan fingerprint density at radius 2 is 2.16 bits per heavy atom. The number of aliphatic hydroxyl groups excluding tert-OH is 2. The van der Waals surface area contributed by atoms with Crippen molar-refractivity contribution < 1.29 is 15.0 Å². The van der Waals surface area contributed by atoms with Crippen LogP contribution in [0.15, 0.2) is 12.3 Å². The molecule has 138 valence electrons. The molecule has 8 heteroatoms. The Morgan fingerprint density at radius 1 is 1.40 bits per heavy atom. The van der Waals surface area contributed by atoms with Crippen molar-refractivity contribution in [3.63, 3.8) is 0 Å². The molecule has 2 fully saturated rings. The van der Waals surface area contributed by atoms with Gasteiger partial charge in [-0.2, -0.15) is 4.98 Å². The number of hydrogen-bond acceptors (Lipinski definition) is 7. The van der Waals surface area contributed by atoms with E-state index < -0.39 is 11.5 Å². The van der Waals surface area contributed by atoms with Crippen LogP contribution in [0.25, 0.3) is 0 Å². The van der Waals surface area contributed by atoms with Gasteiger partial charge in [0.25, 0.3) is 0 Å². The minimum Gasteiger partial charge on any atom is -0.395 e. The minimum absolute atomic E-state index is 0.0490. The van der Waals surface area contributed by atoms with Gasteiger partial charge in [0.2, 0.25) is 11.9 Å². The normalized spacial score (nSPS) is 22.7. The van der Waals surface area contributed by atoms with Gasteiger partial charge in [0.1, 0.15) is 5.82 Å². The van der Waals surface area contributed by atoms with Gasteiger partial charge >= 0.3 is 0 Å². The van der Waals surface area contributed by atoms with Crippen molar-refractivity contribution in [3.05, 3.63) is 12.3 Å². The zero-order valence-corrected chi connectivity index (χ0v) is 14.9.